The number of rotatable bonds is 2. The lowest BCUT2D eigenvalue weighted by Crippen LogP contribution is -1.89. The Morgan fingerprint density at radius 3 is 3.08 bits per heavy atom. The zero-order valence-electron chi connectivity index (χ0n) is 6.31. The lowest BCUT2D eigenvalue weighted by Gasteiger charge is -1.91. The van der Waals surface area contributed by atoms with E-state index < -0.39 is 4.92 Å². The first-order valence-electron chi connectivity index (χ1n) is 3.45. The summed E-state index contributed by atoms with van der Waals surface area (Å²) in [7, 11) is 0. The molecule has 0 spiro atoms. The van der Waals surface area contributed by atoms with Crippen LogP contribution in [-0.2, 0) is 0 Å². The molecule has 12 heavy (non-hydrogen) atoms. The van der Waals surface area contributed by atoms with Gasteiger partial charge in [0.2, 0.25) is 6.20 Å². The molecule has 0 aromatic rings. The summed E-state index contributed by atoms with van der Waals surface area (Å²) in [5.74, 6) is 5.43. The van der Waals surface area contributed by atoms with Crippen LogP contribution in [0.15, 0.2) is 36.6 Å². The smallest absolute Gasteiger partial charge is 0.232 e. The molecule has 0 N–H and O–H groups in total. The largest absolute Gasteiger partial charge is 0.259 e. The third-order valence-electron chi connectivity index (χ3n) is 1.27. The van der Waals surface area contributed by atoms with Gasteiger partial charge in [-0.25, -0.2) is 0 Å². The molecule has 1 unspecified atom stereocenters. The minimum Gasteiger partial charge on any atom is -0.259 e. The molecule has 0 heterocycles. The second kappa shape index (κ2) is 4.14. The van der Waals surface area contributed by atoms with Gasteiger partial charge in [-0.3, -0.25) is 10.1 Å². The summed E-state index contributed by atoms with van der Waals surface area (Å²) < 4.78 is 0. The quantitative estimate of drug-likeness (QED) is 0.350. The topological polar surface area (TPSA) is 43.1 Å². The number of nitrogens with zero attached hydrogens (tertiary/aromatic N) is 1. The van der Waals surface area contributed by atoms with Crippen LogP contribution in [0.5, 0.6) is 0 Å². The Hall–Kier alpha value is -1.82. The molecule has 0 saturated carbocycles. The monoisotopic (exact) mass is 161 g/mol. The minimum atomic E-state index is -0.492. The van der Waals surface area contributed by atoms with Crippen molar-refractivity contribution in [1.82, 2.24) is 0 Å². The lowest BCUT2D eigenvalue weighted by atomic mass is 10.1. The van der Waals surface area contributed by atoms with Gasteiger partial charge in [0.1, 0.15) is 0 Å². The highest BCUT2D eigenvalue weighted by molar-refractivity contribution is 5.30. The van der Waals surface area contributed by atoms with Crippen molar-refractivity contribution < 1.29 is 4.92 Å². The van der Waals surface area contributed by atoms with E-state index in [0.29, 0.717) is 0 Å². The van der Waals surface area contributed by atoms with E-state index in [0.717, 1.165) is 6.20 Å². The fourth-order valence-corrected chi connectivity index (χ4v) is 0.755. The van der Waals surface area contributed by atoms with Gasteiger partial charge >= 0.3 is 0 Å². The first-order chi connectivity index (χ1) is 5.79. The molecule has 0 saturated heterocycles. The van der Waals surface area contributed by atoms with Crippen LogP contribution < -0.4 is 0 Å². The molecule has 0 fully saturated rings. The minimum absolute atomic E-state index is 0.148. The van der Waals surface area contributed by atoms with Crippen LogP contribution in [-0.4, -0.2) is 4.92 Å². The van der Waals surface area contributed by atoms with Crippen LogP contribution in [0.1, 0.15) is 0 Å². The SMILES string of the molecule is O=[N+]([O-])/C=C/C1C#CC=CC=C1. The summed E-state index contributed by atoms with van der Waals surface area (Å²) in [5, 5.41) is 9.96. The van der Waals surface area contributed by atoms with E-state index >= 15 is 0 Å². The molecular weight excluding hydrogens is 154 g/mol. The fourth-order valence-electron chi connectivity index (χ4n) is 0.755. The van der Waals surface area contributed by atoms with Gasteiger partial charge in [-0.15, -0.1) is 0 Å². The number of nitro groups is 1. The van der Waals surface area contributed by atoms with Gasteiger partial charge in [0, 0.05) is 6.08 Å². The summed E-state index contributed by atoms with van der Waals surface area (Å²) >= 11 is 0. The van der Waals surface area contributed by atoms with Gasteiger partial charge in [0.15, 0.2) is 0 Å². The Balaban J connectivity index is 2.63. The van der Waals surface area contributed by atoms with Gasteiger partial charge in [0.25, 0.3) is 0 Å². The molecule has 0 aromatic heterocycles. The van der Waals surface area contributed by atoms with Gasteiger partial charge < -0.3 is 0 Å². The van der Waals surface area contributed by atoms with Gasteiger partial charge in [-0.05, 0) is 6.08 Å². The maximum absolute atomic E-state index is 9.96. The average molecular weight is 161 g/mol. The highest BCUT2D eigenvalue weighted by Gasteiger charge is 1.96. The van der Waals surface area contributed by atoms with Crippen LogP contribution >= 0.6 is 0 Å². The fraction of sp³-hybridized carbons (Fsp3) is 0.111. The summed E-state index contributed by atoms with van der Waals surface area (Å²) in [6.45, 7) is 0. The van der Waals surface area contributed by atoms with Crippen molar-refractivity contribution >= 4 is 0 Å². The standard InChI is InChI=1S/C9H7NO2/c11-10(12)8-7-9-5-3-1-2-4-6-9/h1-3,5,7-9H/b8-7+. The van der Waals surface area contributed by atoms with Gasteiger partial charge in [-0.1, -0.05) is 30.1 Å². The Morgan fingerprint density at radius 2 is 2.33 bits per heavy atom. The zero-order valence-corrected chi connectivity index (χ0v) is 6.31. The van der Waals surface area contributed by atoms with Crippen molar-refractivity contribution in [3.8, 4) is 11.8 Å². The number of hydrogen-bond acceptors (Lipinski definition) is 2. The molecule has 0 amide bonds. The van der Waals surface area contributed by atoms with Gasteiger partial charge in [0.05, 0.1) is 10.8 Å². The van der Waals surface area contributed by atoms with Crippen molar-refractivity contribution in [2.75, 3.05) is 0 Å². The van der Waals surface area contributed by atoms with E-state index in [1.807, 2.05) is 6.08 Å². The number of hydrogen-bond donors (Lipinski definition) is 0. The summed E-state index contributed by atoms with van der Waals surface area (Å²) in [4.78, 5) is 9.47. The first kappa shape index (κ1) is 8.28. The molecule has 60 valence electrons. The number of allylic oxidation sites excluding steroid dienone is 5. The zero-order chi connectivity index (χ0) is 8.81. The van der Waals surface area contributed by atoms with Crippen LogP contribution in [0.25, 0.3) is 0 Å². The van der Waals surface area contributed by atoms with Crippen molar-refractivity contribution in [3.05, 3.63) is 46.7 Å². The molecule has 3 heteroatoms. The van der Waals surface area contributed by atoms with Crippen LogP contribution in [0.4, 0.5) is 0 Å². The average Bonchev–Trinajstić information content (AvgIpc) is 2.28. The van der Waals surface area contributed by atoms with E-state index in [4.69, 9.17) is 0 Å². The first-order valence-corrected chi connectivity index (χ1v) is 3.45. The van der Waals surface area contributed by atoms with Gasteiger partial charge in [-0.2, -0.15) is 0 Å². The van der Waals surface area contributed by atoms with Crippen molar-refractivity contribution in [1.29, 1.82) is 0 Å². The highest BCUT2D eigenvalue weighted by Crippen LogP contribution is 2.02. The van der Waals surface area contributed by atoms with E-state index in [9.17, 15) is 10.1 Å². The molecule has 3 nitrogen and oxygen atoms in total. The summed E-state index contributed by atoms with van der Waals surface area (Å²) in [6.07, 6.45) is 9.48. The maximum atomic E-state index is 9.96. The second-order valence-electron chi connectivity index (χ2n) is 2.19. The van der Waals surface area contributed by atoms with Crippen LogP contribution in [0.2, 0.25) is 0 Å². The van der Waals surface area contributed by atoms with Crippen molar-refractivity contribution in [2.45, 2.75) is 0 Å². The maximum Gasteiger partial charge on any atom is 0.232 e. The molecular formula is C9H7NO2. The molecule has 0 aliphatic heterocycles. The van der Waals surface area contributed by atoms with E-state index in [1.165, 1.54) is 6.08 Å². The third-order valence-corrected chi connectivity index (χ3v) is 1.27. The molecule has 0 radical (unpaired) electrons. The molecule has 0 aromatic carbocycles. The Labute approximate surface area is 70.2 Å². The normalized spacial score (nSPS) is 20.2. The second-order valence-corrected chi connectivity index (χ2v) is 2.19. The lowest BCUT2D eigenvalue weighted by molar-refractivity contribution is -0.402. The molecule has 1 aliphatic carbocycles. The summed E-state index contributed by atoms with van der Waals surface area (Å²) in [5.41, 5.74) is 0. The van der Waals surface area contributed by atoms with Crippen LogP contribution in [0, 0.1) is 27.9 Å². The van der Waals surface area contributed by atoms with E-state index in [-0.39, 0.29) is 5.92 Å². The Kier molecular flexibility index (Phi) is 2.86. The van der Waals surface area contributed by atoms with E-state index in [2.05, 4.69) is 11.8 Å². The molecule has 1 aliphatic rings. The summed E-state index contributed by atoms with van der Waals surface area (Å²) in [6, 6.07) is 0. The molecule has 1 atom stereocenters. The third kappa shape index (κ3) is 2.84. The predicted molar refractivity (Wildman–Crippen MR) is 45.7 cm³/mol. The molecule has 1 rings (SSSR count). The predicted octanol–water partition coefficient (Wildman–Crippen LogP) is 1.52. The highest BCUT2D eigenvalue weighted by atomic mass is 16.6. The molecule has 0 bridgehead atoms. The Bertz CT molecular complexity index is 315. The van der Waals surface area contributed by atoms with Crippen molar-refractivity contribution in [2.24, 2.45) is 5.92 Å². The van der Waals surface area contributed by atoms with Crippen LogP contribution in [0.3, 0.4) is 0 Å². The van der Waals surface area contributed by atoms with Crippen molar-refractivity contribution in [3.63, 3.8) is 0 Å². The Morgan fingerprint density at radius 1 is 1.50 bits per heavy atom. The van der Waals surface area contributed by atoms with E-state index in [1.54, 1.807) is 18.2 Å².